The number of ether oxygens (including phenoxy) is 1. The van der Waals surface area contributed by atoms with Gasteiger partial charge in [-0.25, -0.2) is 4.79 Å². The molecule has 0 aromatic carbocycles. The van der Waals surface area contributed by atoms with Gasteiger partial charge in [-0.3, -0.25) is 4.98 Å². The predicted molar refractivity (Wildman–Crippen MR) is 72.7 cm³/mol. The summed E-state index contributed by atoms with van der Waals surface area (Å²) in [7, 11) is 0. The lowest BCUT2D eigenvalue weighted by Crippen LogP contribution is -2.43. The van der Waals surface area contributed by atoms with Crippen molar-refractivity contribution in [2.45, 2.75) is 46.1 Å². The van der Waals surface area contributed by atoms with E-state index in [-0.39, 0.29) is 22.9 Å². The lowest BCUT2D eigenvalue weighted by molar-refractivity contribution is -0.0584. The van der Waals surface area contributed by atoms with Crippen molar-refractivity contribution < 1.29 is 9.53 Å². The fourth-order valence-corrected chi connectivity index (χ4v) is 4.21. The lowest BCUT2D eigenvalue weighted by atomic mass is 9.70. The summed E-state index contributed by atoms with van der Waals surface area (Å²) >= 11 is 0. The number of nitrogens with zero attached hydrogens (tertiary/aromatic N) is 1. The number of aromatic nitrogens is 1. The average Bonchev–Trinajstić information content (AvgIpc) is 2.87. The van der Waals surface area contributed by atoms with Gasteiger partial charge >= 0.3 is 5.97 Å². The monoisotopic (exact) mass is 259 g/mol. The molecule has 3 heteroatoms. The Morgan fingerprint density at radius 1 is 1.32 bits per heavy atom. The number of hydrogen-bond donors (Lipinski definition) is 0. The summed E-state index contributed by atoms with van der Waals surface area (Å²) in [6.45, 7) is 6.76. The van der Waals surface area contributed by atoms with Crippen molar-refractivity contribution in [2.24, 2.45) is 16.7 Å². The van der Waals surface area contributed by atoms with Crippen molar-refractivity contribution >= 4 is 5.97 Å². The summed E-state index contributed by atoms with van der Waals surface area (Å²) in [5.41, 5.74) is 0.851. The fraction of sp³-hybridized carbons (Fsp3) is 0.625. The quantitative estimate of drug-likeness (QED) is 0.764. The molecule has 0 spiro atoms. The highest BCUT2D eigenvalue weighted by atomic mass is 16.5. The number of pyridine rings is 1. The Labute approximate surface area is 114 Å². The second-order valence-corrected chi connectivity index (χ2v) is 6.94. The fourth-order valence-electron chi connectivity index (χ4n) is 4.21. The van der Waals surface area contributed by atoms with Gasteiger partial charge in [-0.15, -0.1) is 0 Å². The Morgan fingerprint density at radius 2 is 2.00 bits per heavy atom. The van der Waals surface area contributed by atoms with Gasteiger partial charge in [-0.2, -0.15) is 0 Å². The topological polar surface area (TPSA) is 39.2 Å². The van der Waals surface area contributed by atoms with Gasteiger partial charge in [0.05, 0.1) is 5.56 Å². The zero-order valence-electron chi connectivity index (χ0n) is 11.8. The minimum absolute atomic E-state index is 0.0272. The number of fused-ring (bicyclic) bond motifs is 2. The highest BCUT2D eigenvalue weighted by molar-refractivity contribution is 5.89. The molecule has 2 aliphatic carbocycles. The number of rotatable bonds is 2. The van der Waals surface area contributed by atoms with Crippen LogP contribution in [0.1, 0.15) is 50.4 Å². The van der Waals surface area contributed by atoms with E-state index in [4.69, 9.17) is 4.74 Å². The molecule has 102 valence electrons. The van der Waals surface area contributed by atoms with Gasteiger partial charge in [0.2, 0.25) is 0 Å². The molecule has 0 amide bonds. The highest BCUT2D eigenvalue weighted by Gasteiger charge is 2.61. The molecule has 2 bridgehead atoms. The van der Waals surface area contributed by atoms with E-state index < -0.39 is 0 Å². The van der Waals surface area contributed by atoms with E-state index in [9.17, 15) is 4.79 Å². The summed E-state index contributed by atoms with van der Waals surface area (Å²) in [6, 6.07) is 3.43. The van der Waals surface area contributed by atoms with Crippen LogP contribution in [-0.4, -0.2) is 17.1 Å². The Hall–Kier alpha value is -1.38. The normalized spacial score (nSPS) is 35.3. The number of carbonyl (C=O) groups is 1. The number of carbonyl (C=O) groups excluding carboxylic acids is 1. The molecular formula is C16H21NO2. The molecule has 3 unspecified atom stereocenters. The maximum absolute atomic E-state index is 12.3. The average molecular weight is 259 g/mol. The van der Waals surface area contributed by atoms with Crippen LogP contribution in [0.3, 0.4) is 0 Å². The van der Waals surface area contributed by atoms with E-state index in [1.165, 1.54) is 19.3 Å². The molecular weight excluding hydrogens is 238 g/mol. The molecule has 0 saturated heterocycles. The van der Waals surface area contributed by atoms with Gasteiger partial charge in [0.1, 0.15) is 6.10 Å². The maximum Gasteiger partial charge on any atom is 0.338 e. The third kappa shape index (κ3) is 1.87. The van der Waals surface area contributed by atoms with E-state index >= 15 is 0 Å². The van der Waals surface area contributed by atoms with Crippen LogP contribution in [0, 0.1) is 16.7 Å². The van der Waals surface area contributed by atoms with Crippen molar-refractivity contribution in [1.82, 2.24) is 4.98 Å². The van der Waals surface area contributed by atoms with Crippen molar-refractivity contribution in [2.75, 3.05) is 0 Å². The van der Waals surface area contributed by atoms with Crippen LogP contribution >= 0.6 is 0 Å². The summed E-state index contributed by atoms with van der Waals surface area (Å²) in [6.07, 6.45) is 6.92. The first-order valence-corrected chi connectivity index (χ1v) is 7.04. The van der Waals surface area contributed by atoms with Crippen molar-refractivity contribution in [3.05, 3.63) is 30.1 Å². The smallest absolute Gasteiger partial charge is 0.338 e. The molecule has 1 heterocycles. The molecule has 0 aliphatic heterocycles. The molecule has 19 heavy (non-hydrogen) atoms. The Bertz CT molecular complexity index is 492. The Morgan fingerprint density at radius 3 is 2.58 bits per heavy atom. The van der Waals surface area contributed by atoms with Crippen molar-refractivity contribution in [3.63, 3.8) is 0 Å². The van der Waals surface area contributed by atoms with Gasteiger partial charge in [-0.05, 0) is 37.3 Å². The van der Waals surface area contributed by atoms with Gasteiger partial charge in [-0.1, -0.05) is 20.8 Å². The predicted octanol–water partition coefficient (Wildman–Crippen LogP) is 3.45. The number of hydrogen-bond acceptors (Lipinski definition) is 3. The summed E-state index contributed by atoms with van der Waals surface area (Å²) in [4.78, 5) is 16.2. The van der Waals surface area contributed by atoms with Crippen LogP contribution in [0.4, 0.5) is 0 Å². The van der Waals surface area contributed by atoms with Gasteiger partial charge in [0.25, 0.3) is 0 Å². The van der Waals surface area contributed by atoms with E-state index in [2.05, 4.69) is 25.8 Å². The molecule has 0 N–H and O–H groups in total. The molecule has 0 radical (unpaired) electrons. The standard InChI is InChI=1S/C16H21NO2/c1-15(2)12-4-7-16(3,10-12)14(15)19-13(18)11-5-8-17-9-6-11/h5-6,8-9,12,14H,4,7,10H2,1-3H3. The third-order valence-corrected chi connectivity index (χ3v) is 5.28. The lowest BCUT2D eigenvalue weighted by Gasteiger charge is -2.41. The van der Waals surface area contributed by atoms with Crippen molar-refractivity contribution in [1.29, 1.82) is 0 Å². The minimum atomic E-state index is -0.214. The molecule has 2 fully saturated rings. The largest absolute Gasteiger partial charge is 0.458 e. The molecule has 1 aromatic heterocycles. The highest BCUT2D eigenvalue weighted by Crippen LogP contribution is 2.63. The van der Waals surface area contributed by atoms with Gasteiger partial charge in [0.15, 0.2) is 0 Å². The van der Waals surface area contributed by atoms with Crippen LogP contribution in [0.25, 0.3) is 0 Å². The zero-order valence-corrected chi connectivity index (χ0v) is 11.8. The van der Waals surface area contributed by atoms with Gasteiger partial charge < -0.3 is 4.74 Å². The second-order valence-electron chi connectivity index (χ2n) is 6.94. The van der Waals surface area contributed by atoms with Crippen LogP contribution in [0.15, 0.2) is 24.5 Å². The molecule has 1 aromatic rings. The van der Waals surface area contributed by atoms with Crippen molar-refractivity contribution in [3.8, 4) is 0 Å². The Balaban J connectivity index is 1.82. The molecule has 3 nitrogen and oxygen atoms in total. The first-order valence-electron chi connectivity index (χ1n) is 7.04. The first-order chi connectivity index (χ1) is 8.93. The molecule has 2 aliphatic rings. The van der Waals surface area contributed by atoms with Gasteiger partial charge in [0, 0.05) is 23.2 Å². The second kappa shape index (κ2) is 4.06. The summed E-state index contributed by atoms with van der Waals surface area (Å²) in [5.74, 6) is 0.474. The Kier molecular flexibility index (Phi) is 2.70. The minimum Gasteiger partial charge on any atom is -0.458 e. The van der Waals surface area contributed by atoms with Crippen LogP contribution in [-0.2, 0) is 4.74 Å². The zero-order chi connectivity index (χ0) is 13.7. The summed E-state index contributed by atoms with van der Waals surface area (Å²) < 4.78 is 5.88. The van der Waals surface area contributed by atoms with E-state index in [0.29, 0.717) is 11.5 Å². The molecule has 3 rings (SSSR count). The van der Waals surface area contributed by atoms with E-state index in [1.54, 1.807) is 24.5 Å². The van der Waals surface area contributed by atoms with E-state index in [1.807, 2.05) is 0 Å². The van der Waals surface area contributed by atoms with Crippen LogP contribution < -0.4 is 0 Å². The first kappa shape index (κ1) is 12.6. The molecule has 2 saturated carbocycles. The third-order valence-electron chi connectivity index (χ3n) is 5.28. The van der Waals surface area contributed by atoms with E-state index in [0.717, 1.165) is 0 Å². The maximum atomic E-state index is 12.3. The molecule has 3 atom stereocenters. The van der Waals surface area contributed by atoms with Crippen LogP contribution in [0.5, 0.6) is 0 Å². The number of esters is 1. The summed E-state index contributed by atoms with van der Waals surface area (Å²) in [5, 5.41) is 0. The SMILES string of the molecule is CC12CCC(C1)C(C)(C)C2OC(=O)c1ccncc1. The van der Waals surface area contributed by atoms with Crippen LogP contribution in [0.2, 0.25) is 0 Å².